The van der Waals surface area contributed by atoms with Crippen molar-refractivity contribution in [3.63, 3.8) is 0 Å². The first-order valence-corrected chi connectivity index (χ1v) is 10.2. The lowest BCUT2D eigenvalue weighted by Gasteiger charge is -2.34. The van der Waals surface area contributed by atoms with Crippen LogP contribution in [0.15, 0.2) is 48.5 Å². The van der Waals surface area contributed by atoms with Gasteiger partial charge in [0.25, 0.3) is 0 Å². The third-order valence-corrected chi connectivity index (χ3v) is 5.66. The van der Waals surface area contributed by atoms with Crippen LogP contribution in [0.5, 0.6) is 0 Å². The van der Waals surface area contributed by atoms with E-state index in [1.807, 2.05) is 60.4 Å². The number of aryl methyl sites for hydroxylation is 1. The van der Waals surface area contributed by atoms with Gasteiger partial charge in [0.1, 0.15) is 0 Å². The fourth-order valence-corrected chi connectivity index (χ4v) is 3.63. The minimum absolute atomic E-state index is 0.0152. The Kier molecular flexibility index (Phi) is 6.84. The summed E-state index contributed by atoms with van der Waals surface area (Å²) in [5.41, 5.74) is 3.09. The highest BCUT2D eigenvalue weighted by atomic mass is 127. The van der Waals surface area contributed by atoms with Gasteiger partial charge >= 0.3 is 0 Å². The Hall–Kier alpha value is -1.93. The zero-order chi connectivity index (χ0) is 19.2. The van der Waals surface area contributed by atoms with Crippen molar-refractivity contribution in [2.24, 2.45) is 0 Å². The van der Waals surface area contributed by atoms with Crippen molar-refractivity contribution in [1.29, 1.82) is 0 Å². The van der Waals surface area contributed by atoms with E-state index in [-0.39, 0.29) is 11.8 Å². The number of amides is 2. The second kappa shape index (κ2) is 9.32. The van der Waals surface area contributed by atoms with Gasteiger partial charge in [-0.1, -0.05) is 42.0 Å². The van der Waals surface area contributed by atoms with Crippen LogP contribution in [-0.4, -0.2) is 54.3 Å². The van der Waals surface area contributed by atoms with Crippen LogP contribution in [0.4, 0.5) is 5.69 Å². The molecule has 6 heteroatoms. The van der Waals surface area contributed by atoms with Crippen molar-refractivity contribution in [2.45, 2.75) is 13.3 Å². The fourth-order valence-electron chi connectivity index (χ4n) is 3.10. The molecule has 0 atom stereocenters. The van der Waals surface area contributed by atoms with Gasteiger partial charge in [0.05, 0.1) is 18.7 Å². The quantitative estimate of drug-likeness (QED) is 0.675. The summed E-state index contributed by atoms with van der Waals surface area (Å²) in [6.07, 6.45) is 0.438. The highest BCUT2D eigenvalue weighted by Crippen LogP contribution is 2.17. The first kappa shape index (κ1) is 19.8. The lowest BCUT2D eigenvalue weighted by Crippen LogP contribution is -2.50. The Labute approximate surface area is 173 Å². The molecule has 0 radical (unpaired) electrons. The third kappa shape index (κ3) is 5.77. The maximum absolute atomic E-state index is 12.5. The molecule has 1 heterocycles. The maximum Gasteiger partial charge on any atom is 0.238 e. The fraction of sp³-hybridized carbons (Fsp3) is 0.333. The van der Waals surface area contributed by atoms with Crippen LogP contribution >= 0.6 is 22.6 Å². The second-order valence-corrected chi connectivity index (χ2v) is 8.01. The Bertz CT molecular complexity index is 799. The van der Waals surface area contributed by atoms with Crippen molar-refractivity contribution in [3.05, 3.63) is 63.2 Å². The van der Waals surface area contributed by atoms with Crippen LogP contribution in [-0.2, 0) is 16.0 Å². The molecule has 2 aromatic carbocycles. The molecule has 142 valence electrons. The number of nitrogens with zero attached hydrogens (tertiary/aromatic N) is 2. The summed E-state index contributed by atoms with van der Waals surface area (Å²) in [6.45, 7) is 5.17. The average molecular weight is 477 g/mol. The maximum atomic E-state index is 12.5. The van der Waals surface area contributed by atoms with Gasteiger partial charge in [0, 0.05) is 29.7 Å². The Balaban J connectivity index is 1.44. The molecule has 0 bridgehead atoms. The first-order valence-electron chi connectivity index (χ1n) is 9.11. The molecule has 2 aromatic rings. The number of hydrogen-bond donors (Lipinski definition) is 1. The normalized spacial score (nSPS) is 14.8. The number of para-hydroxylation sites is 1. The molecule has 0 saturated carbocycles. The molecule has 27 heavy (non-hydrogen) atoms. The molecule has 1 aliphatic rings. The lowest BCUT2D eigenvalue weighted by atomic mass is 10.1. The molecule has 1 aliphatic heterocycles. The van der Waals surface area contributed by atoms with Crippen LogP contribution in [0.25, 0.3) is 0 Å². The number of carbonyl (C=O) groups is 2. The van der Waals surface area contributed by atoms with E-state index in [0.717, 1.165) is 27.9 Å². The molecule has 5 nitrogen and oxygen atoms in total. The minimum Gasteiger partial charge on any atom is -0.340 e. The molecule has 0 aliphatic carbocycles. The van der Waals surface area contributed by atoms with E-state index in [4.69, 9.17) is 0 Å². The highest BCUT2D eigenvalue weighted by molar-refractivity contribution is 14.1. The van der Waals surface area contributed by atoms with E-state index in [0.29, 0.717) is 26.1 Å². The zero-order valence-electron chi connectivity index (χ0n) is 15.5. The number of nitrogens with one attached hydrogen (secondary N) is 1. The van der Waals surface area contributed by atoms with Crippen molar-refractivity contribution in [3.8, 4) is 0 Å². The van der Waals surface area contributed by atoms with Crippen molar-refractivity contribution >= 4 is 40.1 Å². The Morgan fingerprint density at radius 1 is 1.00 bits per heavy atom. The summed E-state index contributed by atoms with van der Waals surface area (Å²) in [4.78, 5) is 28.8. The number of carbonyl (C=O) groups excluding carboxylic acids is 2. The summed E-state index contributed by atoms with van der Waals surface area (Å²) in [5.74, 6) is 0.139. The van der Waals surface area contributed by atoms with Gasteiger partial charge in [0.15, 0.2) is 0 Å². The summed E-state index contributed by atoms with van der Waals surface area (Å²) in [6, 6.07) is 15.8. The van der Waals surface area contributed by atoms with Gasteiger partial charge in [-0.05, 0) is 47.2 Å². The Morgan fingerprint density at radius 2 is 1.67 bits per heavy atom. The number of halogens is 1. The molecule has 1 fully saturated rings. The van der Waals surface area contributed by atoms with E-state index in [1.165, 1.54) is 5.56 Å². The van der Waals surface area contributed by atoms with Gasteiger partial charge in [0.2, 0.25) is 11.8 Å². The second-order valence-electron chi connectivity index (χ2n) is 6.85. The molecule has 1 saturated heterocycles. The lowest BCUT2D eigenvalue weighted by molar-refractivity contribution is -0.132. The number of benzene rings is 2. The SMILES string of the molecule is Cc1ccc(CC(=O)N2CCN(CC(=O)Nc3ccccc3I)CC2)cc1. The summed E-state index contributed by atoms with van der Waals surface area (Å²) >= 11 is 2.21. The third-order valence-electron chi connectivity index (χ3n) is 4.72. The van der Waals surface area contributed by atoms with Gasteiger partial charge in [-0.2, -0.15) is 0 Å². The standard InChI is InChI=1S/C21H24IN3O2/c1-16-6-8-17(9-7-16)14-21(27)25-12-10-24(11-13-25)15-20(26)23-19-5-3-2-4-18(19)22/h2-9H,10-15H2,1H3,(H,23,26). The molecule has 0 aromatic heterocycles. The average Bonchev–Trinajstić information content (AvgIpc) is 2.66. The molecule has 0 spiro atoms. The van der Waals surface area contributed by atoms with Gasteiger partial charge < -0.3 is 10.2 Å². The summed E-state index contributed by atoms with van der Waals surface area (Å²) in [5, 5.41) is 2.96. The largest absolute Gasteiger partial charge is 0.340 e. The molecular formula is C21H24IN3O2. The van der Waals surface area contributed by atoms with Gasteiger partial charge in [-0.15, -0.1) is 0 Å². The molecule has 3 rings (SSSR count). The van der Waals surface area contributed by atoms with E-state index in [9.17, 15) is 9.59 Å². The van der Waals surface area contributed by atoms with E-state index < -0.39 is 0 Å². The van der Waals surface area contributed by atoms with Crippen LogP contribution in [0.2, 0.25) is 0 Å². The Morgan fingerprint density at radius 3 is 2.33 bits per heavy atom. The van der Waals surface area contributed by atoms with Crippen molar-refractivity contribution < 1.29 is 9.59 Å². The summed E-state index contributed by atoms with van der Waals surface area (Å²) < 4.78 is 1.02. The van der Waals surface area contributed by atoms with Crippen LogP contribution < -0.4 is 5.32 Å². The smallest absolute Gasteiger partial charge is 0.238 e. The van der Waals surface area contributed by atoms with Gasteiger partial charge in [-0.3, -0.25) is 14.5 Å². The van der Waals surface area contributed by atoms with Crippen LogP contribution in [0.1, 0.15) is 11.1 Å². The van der Waals surface area contributed by atoms with Gasteiger partial charge in [-0.25, -0.2) is 0 Å². The molecular weight excluding hydrogens is 453 g/mol. The number of hydrogen-bond acceptors (Lipinski definition) is 3. The predicted molar refractivity (Wildman–Crippen MR) is 116 cm³/mol. The highest BCUT2D eigenvalue weighted by Gasteiger charge is 2.22. The topological polar surface area (TPSA) is 52.7 Å². The van der Waals surface area contributed by atoms with Crippen LogP contribution in [0, 0.1) is 10.5 Å². The predicted octanol–water partition coefficient (Wildman–Crippen LogP) is 2.93. The van der Waals surface area contributed by atoms with E-state index in [2.05, 4.69) is 32.8 Å². The molecule has 2 amide bonds. The minimum atomic E-state index is -0.0152. The number of piperazine rings is 1. The van der Waals surface area contributed by atoms with Crippen molar-refractivity contribution in [2.75, 3.05) is 38.0 Å². The molecule has 0 unspecified atom stereocenters. The van der Waals surface area contributed by atoms with Crippen molar-refractivity contribution in [1.82, 2.24) is 9.80 Å². The number of anilines is 1. The molecule has 1 N–H and O–H groups in total. The number of rotatable bonds is 5. The van der Waals surface area contributed by atoms with E-state index >= 15 is 0 Å². The van der Waals surface area contributed by atoms with E-state index in [1.54, 1.807) is 0 Å². The van der Waals surface area contributed by atoms with Crippen LogP contribution in [0.3, 0.4) is 0 Å². The zero-order valence-corrected chi connectivity index (χ0v) is 17.6. The monoisotopic (exact) mass is 477 g/mol. The first-order chi connectivity index (χ1) is 13.0. The summed E-state index contributed by atoms with van der Waals surface area (Å²) in [7, 11) is 0.